The molecule has 0 spiro atoms. The number of carbonyl (C=O) groups is 1. The topological polar surface area (TPSA) is 110 Å². The Morgan fingerprint density at radius 1 is 1.32 bits per heavy atom. The number of phenols is 2. The normalized spacial score (nSPS) is 14.0. The van der Waals surface area contributed by atoms with Crippen LogP contribution in [0.3, 0.4) is 0 Å². The Bertz CT molecular complexity index is 435. The molecule has 6 heteroatoms. The summed E-state index contributed by atoms with van der Waals surface area (Å²) < 4.78 is 0. The van der Waals surface area contributed by atoms with Gasteiger partial charge in [-0.3, -0.25) is 4.79 Å². The first-order chi connectivity index (χ1) is 8.93. The molecule has 0 amide bonds. The summed E-state index contributed by atoms with van der Waals surface area (Å²) in [4.78, 5) is 11.1. The lowest BCUT2D eigenvalue weighted by Crippen LogP contribution is -2.42. The van der Waals surface area contributed by atoms with Crippen LogP contribution in [0.25, 0.3) is 0 Å². The Morgan fingerprint density at radius 3 is 2.53 bits per heavy atom. The fourth-order valence-corrected chi connectivity index (χ4v) is 1.60. The molecule has 0 bridgehead atoms. The van der Waals surface area contributed by atoms with Crippen LogP contribution in [-0.2, 0) is 11.2 Å². The molecule has 0 saturated heterocycles. The van der Waals surface area contributed by atoms with Gasteiger partial charge in [0.15, 0.2) is 11.5 Å². The van der Waals surface area contributed by atoms with Crippen molar-refractivity contribution >= 4 is 5.97 Å². The number of benzene rings is 1. The number of carboxylic acid groups (broad SMARTS) is 1. The molecule has 2 unspecified atom stereocenters. The van der Waals surface area contributed by atoms with Crippen LogP contribution < -0.4 is 5.32 Å². The van der Waals surface area contributed by atoms with Gasteiger partial charge in [0, 0.05) is 6.54 Å². The van der Waals surface area contributed by atoms with Crippen molar-refractivity contribution in [3.63, 3.8) is 0 Å². The predicted octanol–water partition coefficient (Wildman–Crippen LogP) is 0.454. The number of aliphatic hydroxyl groups excluding tert-OH is 1. The first-order valence-corrected chi connectivity index (χ1v) is 6.09. The molecule has 1 aromatic carbocycles. The maximum absolute atomic E-state index is 11.1. The van der Waals surface area contributed by atoms with Crippen molar-refractivity contribution in [1.82, 2.24) is 5.32 Å². The van der Waals surface area contributed by atoms with E-state index < -0.39 is 18.1 Å². The summed E-state index contributed by atoms with van der Waals surface area (Å²) in [6, 6.07) is 3.32. The van der Waals surface area contributed by atoms with Crippen molar-refractivity contribution in [3.05, 3.63) is 23.8 Å². The van der Waals surface area contributed by atoms with Crippen LogP contribution in [0.15, 0.2) is 18.2 Å². The van der Waals surface area contributed by atoms with Crippen molar-refractivity contribution in [3.8, 4) is 11.5 Å². The maximum Gasteiger partial charge on any atom is 0.321 e. The van der Waals surface area contributed by atoms with Crippen LogP contribution in [0.2, 0.25) is 0 Å². The molecule has 106 valence electrons. The van der Waals surface area contributed by atoms with Gasteiger partial charge in [0.1, 0.15) is 6.04 Å². The minimum Gasteiger partial charge on any atom is -0.504 e. The van der Waals surface area contributed by atoms with Gasteiger partial charge in [0.05, 0.1) is 6.10 Å². The highest BCUT2D eigenvalue weighted by Crippen LogP contribution is 2.25. The number of carboxylic acids is 1. The molecular weight excluding hydrogens is 250 g/mol. The molecule has 0 heterocycles. The summed E-state index contributed by atoms with van der Waals surface area (Å²) in [5, 5.41) is 39.8. The van der Waals surface area contributed by atoms with Gasteiger partial charge in [-0.2, -0.15) is 0 Å². The van der Waals surface area contributed by atoms with E-state index >= 15 is 0 Å². The van der Waals surface area contributed by atoms with Gasteiger partial charge in [-0.1, -0.05) is 13.0 Å². The van der Waals surface area contributed by atoms with Gasteiger partial charge in [-0.25, -0.2) is 0 Å². The number of nitrogens with one attached hydrogen (secondary N) is 1. The monoisotopic (exact) mass is 269 g/mol. The minimum absolute atomic E-state index is 0.152. The van der Waals surface area contributed by atoms with Crippen LogP contribution in [0.4, 0.5) is 0 Å². The summed E-state index contributed by atoms with van der Waals surface area (Å²) >= 11 is 0. The number of aliphatic hydroxyl groups is 1. The van der Waals surface area contributed by atoms with Gasteiger partial charge < -0.3 is 25.7 Å². The number of aromatic hydroxyl groups is 2. The van der Waals surface area contributed by atoms with Crippen molar-refractivity contribution in [2.45, 2.75) is 31.9 Å². The molecule has 0 fully saturated rings. The van der Waals surface area contributed by atoms with Crippen LogP contribution in [0.5, 0.6) is 11.5 Å². The standard InChI is InChI=1S/C13H19NO5/c1-2-9(15)7-14-10(13(18)19)5-8-3-4-11(16)12(17)6-8/h3-4,6,9-10,14-17H,2,5,7H2,1H3,(H,18,19). The maximum atomic E-state index is 11.1. The molecule has 19 heavy (non-hydrogen) atoms. The third kappa shape index (κ3) is 4.76. The van der Waals surface area contributed by atoms with E-state index in [0.29, 0.717) is 12.0 Å². The molecule has 0 aliphatic rings. The quantitative estimate of drug-likeness (QED) is 0.460. The molecule has 0 saturated carbocycles. The van der Waals surface area contributed by atoms with E-state index in [1.165, 1.54) is 12.1 Å². The van der Waals surface area contributed by atoms with Gasteiger partial charge in [-0.05, 0) is 30.5 Å². The van der Waals surface area contributed by atoms with E-state index in [2.05, 4.69) is 5.32 Å². The largest absolute Gasteiger partial charge is 0.504 e. The van der Waals surface area contributed by atoms with Gasteiger partial charge >= 0.3 is 5.97 Å². The van der Waals surface area contributed by atoms with Crippen molar-refractivity contribution in [2.75, 3.05) is 6.54 Å². The second kappa shape index (κ2) is 6.96. The molecular formula is C13H19NO5. The lowest BCUT2D eigenvalue weighted by atomic mass is 10.0. The van der Waals surface area contributed by atoms with Crippen molar-refractivity contribution in [2.24, 2.45) is 0 Å². The smallest absolute Gasteiger partial charge is 0.321 e. The van der Waals surface area contributed by atoms with Crippen LogP contribution >= 0.6 is 0 Å². The summed E-state index contributed by atoms with van der Waals surface area (Å²) in [7, 11) is 0. The van der Waals surface area contributed by atoms with Crippen LogP contribution in [0, 0.1) is 0 Å². The van der Waals surface area contributed by atoms with Crippen molar-refractivity contribution in [1.29, 1.82) is 0 Å². The van der Waals surface area contributed by atoms with E-state index in [4.69, 9.17) is 5.11 Å². The van der Waals surface area contributed by atoms with Crippen molar-refractivity contribution < 1.29 is 25.2 Å². The number of rotatable bonds is 7. The number of hydrogen-bond acceptors (Lipinski definition) is 5. The lowest BCUT2D eigenvalue weighted by molar-refractivity contribution is -0.139. The van der Waals surface area contributed by atoms with E-state index in [1.54, 1.807) is 13.0 Å². The Morgan fingerprint density at radius 2 is 2.00 bits per heavy atom. The third-order valence-electron chi connectivity index (χ3n) is 2.85. The molecule has 2 atom stereocenters. The zero-order valence-corrected chi connectivity index (χ0v) is 10.7. The second-order valence-electron chi connectivity index (χ2n) is 4.39. The molecule has 0 aliphatic heterocycles. The number of hydrogen-bond donors (Lipinski definition) is 5. The van der Waals surface area contributed by atoms with Gasteiger partial charge in [0.25, 0.3) is 0 Å². The summed E-state index contributed by atoms with van der Waals surface area (Å²) in [6.45, 7) is 2.00. The molecule has 0 aromatic heterocycles. The Hall–Kier alpha value is -1.79. The van der Waals surface area contributed by atoms with E-state index in [9.17, 15) is 20.1 Å². The third-order valence-corrected chi connectivity index (χ3v) is 2.85. The molecule has 1 rings (SSSR count). The highest BCUT2D eigenvalue weighted by molar-refractivity contribution is 5.74. The molecule has 0 radical (unpaired) electrons. The summed E-state index contributed by atoms with van der Waals surface area (Å²) in [5.41, 5.74) is 0.584. The Kier molecular flexibility index (Phi) is 5.59. The van der Waals surface area contributed by atoms with E-state index in [-0.39, 0.29) is 24.5 Å². The first kappa shape index (κ1) is 15.3. The molecule has 6 nitrogen and oxygen atoms in total. The average Bonchev–Trinajstić information content (AvgIpc) is 2.37. The van der Waals surface area contributed by atoms with Crippen LogP contribution in [-0.4, -0.2) is 45.1 Å². The Balaban J connectivity index is 2.67. The van der Waals surface area contributed by atoms with Crippen LogP contribution in [0.1, 0.15) is 18.9 Å². The summed E-state index contributed by atoms with van der Waals surface area (Å²) in [6.07, 6.45) is 0.105. The Labute approximate surface area is 111 Å². The highest BCUT2D eigenvalue weighted by Gasteiger charge is 2.18. The fourth-order valence-electron chi connectivity index (χ4n) is 1.60. The van der Waals surface area contributed by atoms with E-state index in [0.717, 1.165) is 0 Å². The average molecular weight is 269 g/mol. The molecule has 0 aliphatic carbocycles. The van der Waals surface area contributed by atoms with E-state index in [1.807, 2.05) is 0 Å². The van der Waals surface area contributed by atoms with Gasteiger partial charge in [0.2, 0.25) is 0 Å². The zero-order valence-electron chi connectivity index (χ0n) is 10.7. The minimum atomic E-state index is -1.03. The second-order valence-corrected chi connectivity index (χ2v) is 4.39. The molecule has 5 N–H and O–H groups in total. The lowest BCUT2D eigenvalue weighted by Gasteiger charge is -2.17. The SMILES string of the molecule is CCC(O)CNC(Cc1ccc(O)c(O)c1)C(=O)O. The predicted molar refractivity (Wildman–Crippen MR) is 69.2 cm³/mol. The highest BCUT2D eigenvalue weighted by atomic mass is 16.4. The zero-order chi connectivity index (χ0) is 14.4. The molecule has 1 aromatic rings. The number of phenolic OH excluding ortho intramolecular Hbond substituents is 2. The first-order valence-electron chi connectivity index (χ1n) is 6.09. The fraction of sp³-hybridized carbons (Fsp3) is 0.462. The summed E-state index contributed by atoms with van der Waals surface area (Å²) in [5.74, 6) is -1.56. The number of aliphatic carboxylic acids is 1. The van der Waals surface area contributed by atoms with Gasteiger partial charge in [-0.15, -0.1) is 0 Å².